The van der Waals surface area contributed by atoms with Crippen molar-refractivity contribution in [3.05, 3.63) is 29.3 Å². The average Bonchev–Trinajstić information content (AvgIpc) is 2.26. The SMILES string of the molecule is Cc1ccc(C(=O)N(C)CC(F)F)cc1S(N)(=O)=O. The van der Waals surface area contributed by atoms with Gasteiger partial charge in [-0.2, -0.15) is 0 Å². The van der Waals surface area contributed by atoms with E-state index in [9.17, 15) is 22.0 Å². The molecule has 0 fully saturated rings. The van der Waals surface area contributed by atoms with Crippen LogP contribution in [0.4, 0.5) is 8.78 Å². The molecule has 0 bridgehead atoms. The van der Waals surface area contributed by atoms with E-state index in [0.29, 0.717) is 5.56 Å². The first-order valence-corrected chi connectivity index (χ1v) is 6.84. The summed E-state index contributed by atoms with van der Waals surface area (Å²) in [6.45, 7) is 0.800. The van der Waals surface area contributed by atoms with Crippen molar-refractivity contribution in [2.24, 2.45) is 5.14 Å². The van der Waals surface area contributed by atoms with Gasteiger partial charge in [0, 0.05) is 12.6 Å². The number of alkyl halides is 2. The van der Waals surface area contributed by atoms with Gasteiger partial charge in [-0.1, -0.05) is 6.07 Å². The molecular weight excluding hydrogens is 278 g/mol. The fraction of sp³-hybridized carbons (Fsp3) is 0.364. The van der Waals surface area contributed by atoms with Crippen LogP contribution in [0.25, 0.3) is 0 Å². The fourth-order valence-corrected chi connectivity index (χ4v) is 2.36. The molecule has 0 aliphatic heterocycles. The van der Waals surface area contributed by atoms with Crippen LogP contribution in [-0.4, -0.2) is 39.2 Å². The molecule has 1 aromatic rings. The minimum atomic E-state index is -3.96. The fourth-order valence-electron chi connectivity index (χ4n) is 1.55. The molecule has 0 unspecified atom stereocenters. The maximum absolute atomic E-state index is 12.2. The van der Waals surface area contributed by atoms with Crippen LogP contribution in [0.1, 0.15) is 15.9 Å². The maximum atomic E-state index is 12.2. The predicted octanol–water partition coefficient (Wildman–Crippen LogP) is 0.980. The predicted molar refractivity (Wildman–Crippen MR) is 65.5 cm³/mol. The van der Waals surface area contributed by atoms with Crippen LogP contribution in [0.2, 0.25) is 0 Å². The summed E-state index contributed by atoms with van der Waals surface area (Å²) in [6, 6.07) is 3.87. The van der Waals surface area contributed by atoms with Crippen molar-refractivity contribution in [1.82, 2.24) is 4.90 Å². The summed E-state index contributed by atoms with van der Waals surface area (Å²) in [5.74, 6) is -0.690. The van der Waals surface area contributed by atoms with E-state index in [0.717, 1.165) is 11.0 Å². The Morgan fingerprint density at radius 1 is 1.42 bits per heavy atom. The quantitative estimate of drug-likeness (QED) is 0.898. The summed E-state index contributed by atoms with van der Waals surface area (Å²) < 4.78 is 47.0. The van der Waals surface area contributed by atoms with Crippen LogP contribution < -0.4 is 5.14 Å². The number of amides is 1. The Balaban J connectivity index is 3.13. The molecule has 1 rings (SSSR count). The number of nitrogens with zero attached hydrogens (tertiary/aromatic N) is 1. The first-order valence-electron chi connectivity index (χ1n) is 5.30. The van der Waals surface area contributed by atoms with Crippen molar-refractivity contribution in [3.63, 3.8) is 0 Å². The molecule has 0 radical (unpaired) electrons. The topological polar surface area (TPSA) is 80.5 Å². The van der Waals surface area contributed by atoms with E-state index in [1.165, 1.54) is 26.1 Å². The second-order valence-corrected chi connectivity index (χ2v) is 5.63. The van der Waals surface area contributed by atoms with Crippen LogP contribution >= 0.6 is 0 Å². The highest BCUT2D eigenvalue weighted by Gasteiger charge is 2.19. The normalized spacial score (nSPS) is 11.7. The number of primary sulfonamides is 1. The zero-order valence-electron chi connectivity index (χ0n) is 10.4. The van der Waals surface area contributed by atoms with E-state index in [1.54, 1.807) is 0 Å². The molecule has 2 N–H and O–H groups in total. The number of halogens is 2. The third-order valence-electron chi connectivity index (χ3n) is 2.50. The molecule has 0 saturated heterocycles. The van der Waals surface area contributed by atoms with Gasteiger partial charge in [0.2, 0.25) is 10.0 Å². The summed E-state index contributed by atoms with van der Waals surface area (Å²) in [7, 11) is -2.74. The number of hydrogen-bond acceptors (Lipinski definition) is 3. The zero-order valence-corrected chi connectivity index (χ0v) is 11.2. The van der Waals surface area contributed by atoms with Crippen molar-refractivity contribution >= 4 is 15.9 Å². The lowest BCUT2D eigenvalue weighted by Gasteiger charge is -2.17. The Bertz CT molecular complexity index is 588. The van der Waals surface area contributed by atoms with E-state index < -0.39 is 28.9 Å². The molecule has 0 aliphatic carbocycles. The Hall–Kier alpha value is -1.54. The highest BCUT2D eigenvalue weighted by Crippen LogP contribution is 2.17. The number of rotatable bonds is 4. The third-order valence-corrected chi connectivity index (χ3v) is 3.55. The van der Waals surface area contributed by atoms with E-state index in [1.807, 2.05) is 0 Å². The second kappa shape index (κ2) is 5.62. The molecular formula is C11H14F2N2O3S. The molecule has 0 spiro atoms. The van der Waals surface area contributed by atoms with Gasteiger partial charge in [0.1, 0.15) is 0 Å². The van der Waals surface area contributed by atoms with Crippen LogP contribution in [0.5, 0.6) is 0 Å². The lowest BCUT2D eigenvalue weighted by molar-refractivity contribution is 0.0620. The summed E-state index contributed by atoms with van der Waals surface area (Å²) in [5, 5.41) is 5.01. The average molecular weight is 292 g/mol. The Labute approximate surface area is 110 Å². The van der Waals surface area contributed by atoms with Gasteiger partial charge in [0.05, 0.1) is 11.4 Å². The van der Waals surface area contributed by atoms with E-state index in [-0.39, 0.29) is 10.5 Å². The van der Waals surface area contributed by atoms with E-state index in [2.05, 4.69) is 0 Å². The number of carbonyl (C=O) groups is 1. The van der Waals surface area contributed by atoms with Crippen molar-refractivity contribution < 1.29 is 22.0 Å². The van der Waals surface area contributed by atoms with Gasteiger partial charge in [0.25, 0.3) is 12.3 Å². The summed E-state index contributed by atoms with van der Waals surface area (Å²) in [6.07, 6.45) is -2.66. The lowest BCUT2D eigenvalue weighted by Crippen LogP contribution is -2.31. The van der Waals surface area contributed by atoms with Gasteiger partial charge < -0.3 is 4.90 Å². The third kappa shape index (κ3) is 3.97. The molecule has 0 saturated carbocycles. The summed E-state index contributed by atoms with van der Waals surface area (Å²) in [4.78, 5) is 12.5. The molecule has 0 atom stereocenters. The number of hydrogen-bond donors (Lipinski definition) is 1. The molecule has 5 nitrogen and oxygen atoms in total. The van der Waals surface area contributed by atoms with Gasteiger partial charge in [-0.15, -0.1) is 0 Å². The van der Waals surface area contributed by atoms with E-state index >= 15 is 0 Å². The maximum Gasteiger partial charge on any atom is 0.255 e. The van der Waals surface area contributed by atoms with Crippen LogP contribution in [0.3, 0.4) is 0 Å². The van der Waals surface area contributed by atoms with Crippen LogP contribution in [0.15, 0.2) is 23.1 Å². The Kier molecular flexibility index (Phi) is 4.59. The number of sulfonamides is 1. The number of carbonyl (C=O) groups excluding carboxylic acids is 1. The van der Waals surface area contributed by atoms with Crippen molar-refractivity contribution in [2.45, 2.75) is 18.2 Å². The zero-order chi connectivity index (χ0) is 14.8. The smallest absolute Gasteiger partial charge is 0.255 e. The monoisotopic (exact) mass is 292 g/mol. The molecule has 19 heavy (non-hydrogen) atoms. The van der Waals surface area contributed by atoms with Crippen LogP contribution in [0, 0.1) is 6.92 Å². The van der Waals surface area contributed by atoms with Crippen molar-refractivity contribution in [3.8, 4) is 0 Å². The largest absolute Gasteiger partial charge is 0.336 e. The van der Waals surface area contributed by atoms with Gasteiger partial charge in [-0.3, -0.25) is 4.79 Å². The number of aryl methyl sites for hydroxylation is 1. The molecule has 8 heteroatoms. The molecule has 106 valence electrons. The standard InChI is InChI=1S/C11H14F2N2O3S/c1-7-3-4-8(5-9(7)19(14,17)18)11(16)15(2)6-10(12)13/h3-5,10H,6H2,1-2H3,(H2,14,17,18). The number of nitrogens with two attached hydrogens (primary N) is 1. The van der Waals surface area contributed by atoms with Crippen LogP contribution in [-0.2, 0) is 10.0 Å². The van der Waals surface area contributed by atoms with E-state index in [4.69, 9.17) is 5.14 Å². The van der Waals surface area contributed by atoms with Gasteiger partial charge in [-0.05, 0) is 24.6 Å². The Morgan fingerprint density at radius 2 is 2.00 bits per heavy atom. The minimum Gasteiger partial charge on any atom is -0.336 e. The molecule has 1 aromatic carbocycles. The molecule has 0 aliphatic rings. The molecule has 1 amide bonds. The highest BCUT2D eigenvalue weighted by molar-refractivity contribution is 7.89. The highest BCUT2D eigenvalue weighted by atomic mass is 32.2. The van der Waals surface area contributed by atoms with Gasteiger partial charge in [-0.25, -0.2) is 22.3 Å². The summed E-state index contributed by atoms with van der Waals surface area (Å²) in [5.41, 5.74) is 0.383. The molecule has 0 heterocycles. The lowest BCUT2D eigenvalue weighted by atomic mass is 10.1. The first-order chi connectivity index (χ1) is 8.62. The Morgan fingerprint density at radius 3 is 2.47 bits per heavy atom. The first kappa shape index (κ1) is 15.5. The summed E-state index contributed by atoms with van der Waals surface area (Å²) >= 11 is 0. The van der Waals surface area contributed by atoms with Crippen molar-refractivity contribution in [1.29, 1.82) is 0 Å². The van der Waals surface area contributed by atoms with Crippen molar-refractivity contribution in [2.75, 3.05) is 13.6 Å². The molecule has 0 aromatic heterocycles. The van der Waals surface area contributed by atoms with Gasteiger partial charge >= 0.3 is 0 Å². The second-order valence-electron chi connectivity index (χ2n) is 4.10. The van der Waals surface area contributed by atoms with Gasteiger partial charge in [0.15, 0.2) is 0 Å². The number of benzene rings is 1. The minimum absolute atomic E-state index is 0.00206.